The van der Waals surface area contributed by atoms with Gasteiger partial charge in [-0.15, -0.1) is 0 Å². The van der Waals surface area contributed by atoms with Crippen LogP contribution in [0.2, 0.25) is 0 Å². The number of halogens is 3. The number of alkyl halides is 3. The second-order valence-corrected chi connectivity index (χ2v) is 2.81. The minimum Gasteiger partial charge on any atom is -0.384 e. The number of aliphatic hydroxyl groups excluding tert-OH is 1. The Bertz CT molecular complexity index is 112. The molecule has 0 aliphatic carbocycles. The highest BCUT2D eigenvalue weighted by Crippen LogP contribution is 2.25. The lowest BCUT2D eigenvalue weighted by Crippen LogP contribution is -2.30. The van der Waals surface area contributed by atoms with E-state index < -0.39 is 12.3 Å². The van der Waals surface area contributed by atoms with Crippen LogP contribution in [0.3, 0.4) is 0 Å². The molecule has 0 saturated carbocycles. The van der Waals surface area contributed by atoms with Gasteiger partial charge in [0.25, 0.3) is 0 Å². The molecule has 0 bridgehead atoms. The molecular formula is C9H19F3O. The van der Waals surface area contributed by atoms with Crippen LogP contribution in [-0.4, -0.2) is 17.4 Å². The van der Waals surface area contributed by atoms with E-state index in [9.17, 15) is 13.2 Å². The Morgan fingerprint density at radius 2 is 1.62 bits per heavy atom. The average molecular weight is 200 g/mol. The molecule has 0 fully saturated rings. The van der Waals surface area contributed by atoms with Crippen molar-refractivity contribution in [1.82, 2.24) is 0 Å². The van der Waals surface area contributed by atoms with Crippen molar-refractivity contribution in [3.63, 3.8) is 0 Å². The van der Waals surface area contributed by atoms with Gasteiger partial charge in [-0.05, 0) is 12.3 Å². The van der Waals surface area contributed by atoms with E-state index >= 15 is 0 Å². The quantitative estimate of drug-likeness (QED) is 0.740. The first kappa shape index (κ1) is 15.2. The van der Waals surface area contributed by atoms with Crippen molar-refractivity contribution in [2.75, 3.05) is 0 Å². The highest BCUT2D eigenvalue weighted by atomic mass is 19.4. The summed E-state index contributed by atoms with van der Waals surface area (Å²) in [6.45, 7) is 7.49. The summed E-state index contributed by atoms with van der Waals surface area (Å²) in [5, 5.41) is 8.56. The molecule has 4 heteroatoms. The van der Waals surface area contributed by atoms with Gasteiger partial charge in [-0.1, -0.05) is 34.1 Å². The molecule has 82 valence electrons. The van der Waals surface area contributed by atoms with Gasteiger partial charge in [0.1, 0.15) is 6.10 Å². The predicted molar refractivity (Wildman–Crippen MR) is 47.5 cm³/mol. The number of hydrogen-bond donors (Lipinski definition) is 1. The maximum atomic E-state index is 11.7. The summed E-state index contributed by atoms with van der Waals surface area (Å²) in [4.78, 5) is 0. The van der Waals surface area contributed by atoms with Crippen molar-refractivity contribution in [3.8, 4) is 0 Å². The summed E-state index contributed by atoms with van der Waals surface area (Å²) in [5.74, 6) is -0.0772. The molecule has 0 amide bonds. The normalized spacial score (nSPS) is 15.7. The van der Waals surface area contributed by atoms with Crippen LogP contribution in [0.25, 0.3) is 0 Å². The van der Waals surface area contributed by atoms with E-state index in [1.165, 1.54) is 0 Å². The predicted octanol–water partition coefficient (Wildman–Crippen LogP) is 3.37. The maximum Gasteiger partial charge on any atom is 0.414 e. The van der Waals surface area contributed by atoms with E-state index in [-0.39, 0.29) is 12.3 Å². The molecule has 0 saturated heterocycles. The topological polar surface area (TPSA) is 20.2 Å². The zero-order chi connectivity index (χ0) is 11.1. The van der Waals surface area contributed by atoms with Gasteiger partial charge in [-0.2, -0.15) is 13.2 Å². The van der Waals surface area contributed by atoms with Gasteiger partial charge >= 0.3 is 6.18 Å². The summed E-state index contributed by atoms with van der Waals surface area (Å²) < 4.78 is 35.1. The Morgan fingerprint density at radius 3 is 1.85 bits per heavy atom. The molecule has 0 aromatic heterocycles. The lowest BCUT2D eigenvalue weighted by molar-refractivity contribution is -0.208. The third-order valence-electron chi connectivity index (χ3n) is 1.70. The standard InChI is InChI=1S/C7H13F3O.C2H6/c1-3-5(2)4-6(11)7(8,9)10;1-2/h5-6,11H,3-4H2,1-2H3;1-2H3/t5-,6?;/m0./s1. The number of hydrogen-bond acceptors (Lipinski definition) is 1. The SMILES string of the molecule is CC.CC[C@H](C)CC(O)C(F)(F)F. The molecule has 1 nitrogen and oxygen atoms in total. The van der Waals surface area contributed by atoms with Gasteiger partial charge in [0, 0.05) is 0 Å². The smallest absolute Gasteiger partial charge is 0.384 e. The van der Waals surface area contributed by atoms with Gasteiger partial charge in [0.05, 0.1) is 0 Å². The number of aliphatic hydroxyl groups is 1. The first-order chi connectivity index (χ1) is 5.88. The van der Waals surface area contributed by atoms with Crippen LogP contribution in [0.4, 0.5) is 13.2 Å². The van der Waals surface area contributed by atoms with Gasteiger partial charge in [-0.3, -0.25) is 0 Å². The monoisotopic (exact) mass is 200 g/mol. The Hall–Kier alpha value is -0.250. The average Bonchev–Trinajstić information content (AvgIpc) is 2.06. The largest absolute Gasteiger partial charge is 0.414 e. The third-order valence-corrected chi connectivity index (χ3v) is 1.70. The third kappa shape index (κ3) is 8.09. The Balaban J connectivity index is 0. The van der Waals surface area contributed by atoms with Crippen molar-refractivity contribution in [1.29, 1.82) is 0 Å². The Morgan fingerprint density at radius 1 is 1.23 bits per heavy atom. The van der Waals surface area contributed by atoms with E-state index in [4.69, 9.17) is 5.11 Å². The molecule has 0 aromatic rings. The van der Waals surface area contributed by atoms with E-state index in [1.807, 2.05) is 13.8 Å². The van der Waals surface area contributed by atoms with Crippen molar-refractivity contribution in [2.24, 2.45) is 5.92 Å². The summed E-state index contributed by atoms with van der Waals surface area (Å²) in [7, 11) is 0. The van der Waals surface area contributed by atoms with Crippen molar-refractivity contribution in [2.45, 2.75) is 52.8 Å². The summed E-state index contributed by atoms with van der Waals surface area (Å²) in [5.41, 5.74) is 0. The van der Waals surface area contributed by atoms with Crippen LogP contribution in [-0.2, 0) is 0 Å². The number of rotatable bonds is 3. The first-order valence-electron chi connectivity index (χ1n) is 4.62. The molecule has 1 unspecified atom stereocenters. The summed E-state index contributed by atoms with van der Waals surface area (Å²) in [6, 6.07) is 0. The highest BCUT2D eigenvalue weighted by molar-refractivity contribution is 4.67. The Labute approximate surface area is 78.0 Å². The fourth-order valence-electron chi connectivity index (χ4n) is 0.681. The molecule has 0 heterocycles. The summed E-state index contributed by atoms with van der Waals surface area (Å²) in [6.07, 6.45) is -6.14. The zero-order valence-electron chi connectivity index (χ0n) is 8.65. The molecule has 13 heavy (non-hydrogen) atoms. The van der Waals surface area contributed by atoms with Gasteiger partial charge < -0.3 is 5.11 Å². The molecule has 0 aromatic carbocycles. The molecule has 0 aliphatic rings. The van der Waals surface area contributed by atoms with Crippen LogP contribution in [0, 0.1) is 5.92 Å². The fraction of sp³-hybridized carbons (Fsp3) is 1.00. The van der Waals surface area contributed by atoms with Gasteiger partial charge in [0.2, 0.25) is 0 Å². The van der Waals surface area contributed by atoms with E-state index in [1.54, 1.807) is 13.8 Å². The molecule has 2 atom stereocenters. The Kier molecular flexibility index (Phi) is 8.42. The van der Waals surface area contributed by atoms with Crippen LogP contribution in [0.5, 0.6) is 0 Å². The van der Waals surface area contributed by atoms with E-state index in [0.29, 0.717) is 6.42 Å². The van der Waals surface area contributed by atoms with Gasteiger partial charge in [0.15, 0.2) is 0 Å². The highest BCUT2D eigenvalue weighted by Gasteiger charge is 2.38. The zero-order valence-corrected chi connectivity index (χ0v) is 8.65. The van der Waals surface area contributed by atoms with Gasteiger partial charge in [-0.25, -0.2) is 0 Å². The van der Waals surface area contributed by atoms with Crippen molar-refractivity contribution < 1.29 is 18.3 Å². The van der Waals surface area contributed by atoms with E-state index in [0.717, 1.165) is 0 Å². The molecule has 1 N–H and O–H groups in total. The van der Waals surface area contributed by atoms with Crippen LogP contribution >= 0.6 is 0 Å². The fourth-order valence-corrected chi connectivity index (χ4v) is 0.681. The van der Waals surface area contributed by atoms with E-state index in [2.05, 4.69) is 0 Å². The van der Waals surface area contributed by atoms with Crippen molar-refractivity contribution in [3.05, 3.63) is 0 Å². The summed E-state index contributed by atoms with van der Waals surface area (Å²) >= 11 is 0. The second kappa shape index (κ2) is 7.18. The molecule has 0 rings (SSSR count). The molecule has 0 spiro atoms. The molecule has 0 radical (unpaired) electrons. The minimum absolute atomic E-state index is 0.0772. The first-order valence-corrected chi connectivity index (χ1v) is 4.62. The maximum absolute atomic E-state index is 11.7. The lowest BCUT2D eigenvalue weighted by Gasteiger charge is -2.17. The van der Waals surface area contributed by atoms with Crippen molar-refractivity contribution >= 4 is 0 Å². The molecule has 0 aliphatic heterocycles. The second-order valence-electron chi connectivity index (χ2n) is 2.81. The van der Waals surface area contributed by atoms with Crippen LogP contribution in [0.15, 0.2) is 0 Å². The van der Waals surface area contributed by atoms with Crippen LogP contribution in [0.1, 0.15) is 40.5 Å². The molecular weight excluding hydrogens is 181 g/mol. The van der Waals surface area contributed by atoms with Crippen LogP contribution < -0.4 is 0 Å². The minimum atomic E-state index is -4.45. The lowest BCUT2D eigenvalue weighted by atomic mass is 10.0.